The van der Waals surface area contributed by atoms with E-state index in [0.29, 0.717) is 44.4 Å². The fourth-order valence-corrected chi connectivity index (χ4v) is 3.76. The summed E-state index contributed by atoms with van der Waals surface area (Å²) in [6.07, 6.45) is -0.961. The van der Waals surface area contributed by atoms with Crippen LogP contribution in [0.15, 0.2) is 72.8 Å². The van der Waals surface area contributed by atoms with Crippen molar-refractivity contribution < 1.29 is 24.1 Å². The van der Waals surface area contributed by atoms with Crippen molar-refractivity contribution in [2.75, 3.05) is 27.4 Å². The van der Waals surface area contributed by atoms with Crippen LogP contribution >= 0.6 is 11.6 Å². The predicted octanol–water partition coefficient (Wildman–Crippen LogP) is 4.74. The van der Waals surface area contributed by atoms with Crippen molar-refractivity contribution in [1.29, 1.82) is 0 Å². The van der Waals surface area contributed by atoms with E-state index >= 15 is 0 Å². The van der Waals surface area contributed by atoms with Crippen LogP contribution in [0.25, 0.3) is 22.2 Å². The molecule has 4 aromatic rings. The van der Waals surface area contributed by atoms with E-state index in [2.05, 4.69) is 5.32 Å². The van der Waals surface area contributed by atoms with Crippen LogP contribution < -0.4 is 19.5 Å². The normalized spacial score (nSPS) is 11.7. The van der Waals surface area contributed by atoms with E-state index in [1.54, 1.807) is 36.4 Å². The van der Waals surface area contributed by atoms with E-state index in [1.807, 2.05) is 36.4 Å². The number of nitrogens with one attached hydrogen (secondary N) is 1. The monoisotopic (exact) mass is 492 g/mol. The van der Waals surface area contributed by atoms with Crippen molar-refractivity contribution in [2.45, 2.75) is 6.10 Å². The van der Waals surface area contributed by atoms with E-state index in [-0.39, 0.29) is 19.1 Å². The number of amides is 1. The lowest BCUT2D eigenvalue weighted by Gasteiger charge is -2.17. The zero-order valence-electron chi connectivity index (χ0n) is 19.3. The summed E-state index contributed by atoms with van der Waals surface area (Å²) in [6.45, 7) is -0.0760. The molecule has 2 N–H and O–H groups in total. The van der Waals surface area contributed by atoms with Crippen LogP contribution in [-0.4, -0.2) is 49.5 Å². The summed E-state index contributed by atoms with van der Waals surface area (Å²) in [5, 5.41) is 14.6. The fourth-order valence-electron chi connectivity index (χ4n) is 3.64. The Morgan fingerprint density at radius 2 is 1.69 bits per heavy atom. The molecule has 4 rings (SSSR count). The summed E-state index contributed by atoms with van der Waals surface area (Å²) in [5.41, 5.74) is 2.64. The van der Waals surface area contributed by atoms with Crippen molar-refractivity contribution in [1.82, 2.24) is 10.3 Å². The summed E-state index contributed by atoms with van der Waals surface area (Å²) >= 11 is 6.01. The van der Waals surface area contributed by atoms with Crippen LogP contribution in [0.2, 0.25) is 5.02 Å². The van der Waals surface area contributed by atoms with Crippen LogP contribution in [0, 0.1) is 0 Å². The first-order chi connectivity index (χ1) is 17.0. The number of aliphatic hydroxyl groups excluding tert-OH is 1. The molecule has 3 aromatic carbocycles. The number of hydrogen-bond acceptors (Lipinski definition) is 6. The van der Waals surface area contributed by atoms with Crippen LogP contribution in [0.3, 0.4) is 0 Å². The van der Waals surface area contributed by atoms with Gasteiger partial charge >= 0.3 is 0 Å². The van der Waals surface area contributed by atoms with Crippen molar-refractivity contribution in [3.05, 3.63) is 83.4 Å². The van der Waals surface area contributed by atoms with E-state index in [0.717, 1.165) is 5.56 Å². The van der Waals surface area contributed by atoms with Gasteiger partial charge in [-0.1, -0.05) is 48.0 Å². The SMILES string of the molecule is COc1cccc(OC)c1OCC(O)CNC(=O)c1cc(-c2ccc(Cl)cc2)nc2ccccc12. The van der Waals surface area contributed by atoms with E-state index in [9.17, 15) is 9.90 Å². The lowest BCUT2D eigenvalue weighted by molar-refractivity contribution is 0.0835. The zero-order chi connectivity index (χ0) is 24.8. The van der Waals surface area contributed by atoms with Gasteiger partial charge in [0.25, 0.3) is 5.91 Å². The number of para-hydroxylation sites is 2. The highest BCUT2D eigenvalue weighted by Crippen LogP contribution is 2.36. The first kappa shape index (κ1) is 24.3. The average molecular weight is 493 g/mol. The van der Waals surface area contributed by atoms with Gasteiger partial charge in [0.1, 0.15) is 12.7 Å². The average Bonchev–Trinajstić information content (AvgIpc) is 2.90. The number of halogens is 1. The fraction of sp³-hybridized carbons (Fsp3) is 0.185. The summed E-state index contributed by atoms with van der Waals surface area (Å²) in [6, 6.07) is 21.7. The molecular weight excluding hydrogens is 468 g/mol. The van der Waals surface area contributed by atoms with Gasteiger partial charge in [-0.3, -0.25) is 4.79 Å². The lowest BCUT2D eigenvalue weighted by atomic mass is 10.0. The van der Waals surface area contributed by atoms with Gasteiger partial charge < -0.3 is 24.6 Å². The van der Waals surface area contributed by atoms with Crippen molar-refractivity contribution in [2.24, 2.45) is 0 Å². The second-order valence-corrected chi connectivity index (χ2v) is 8.18. The molecule has 0 radical (unpaired) electrons. The highest BCUT2D eigenvalue weighted by Gasteiger charge is 2.17. The maximum atomic E-state index is 13.1. The van der Waals surface area contributed by atoms with E-state index in [1.165, 1.54) is 14.2 Å². The Bertz CT molecular complexity index is 1300. The first-order valence-electron chi connectivity index (χ1n) is 11.0. The minimum atomic E-state index is -0.961. The molecule has 35 heavy (non-hydrogen) atoms. The Hall–Kier alpha value is -3.81. The molecule has 1 amide bonds. The summed E-state index contributed by atoms with van der Waals surface area (Å²) in [4.78, 5) is 17.8. The van der Waals surface area contributed by atoms with Gasteiger partial charge in [-0.25, -0.2) is 4.98 Å². The number of benzene rings is 3. The number of aliphatic hydroxyl groups is 1. The molecule has 0 aliphatic heterocycles. The lowest BCUT2D eigenvalue weighted by Crippen LogP contribution is -2.35. The number of pyridine rings is 1. The van der Waals surface area contributed by atoms with E-state index < -0.39 is 6.10 Å². The summed E-state index contributed by atoms with van der Waals surface area (Å²) in [7, 11) is 3.05. The third kappa shape index (κ3) is 5.65. The zero-order valence-corrected chi connectivity index (χ0v) is 20.1. The van der Waals surface area contributed by atoms with Gasteiger partial charge in [-0.15, -0.1) is 0 Å². The molecule has 0 aliphatic rings. The number of carbonyl (C=O) groups is 1. The molecule has 0 bridgehead atoms. The maximum absolute atomic E-state index is 13.1. The Labute approximate surface area is 208 Å². The van der Waals surface area contributed by atoms with Crippen molar-refractivity contribution >= 4 is 28.4 Å². The van der Waals surface area contributed by atoms with Gasteiger partial charge in [0.15, 0.2) is 11.5 Å². The highest BCUT2D eigenvalue weighted by atomic mass is 35.5. The van der Waals surface area contributed by atoms with Gasteiger partial charge in [0.05, 0.1) is 31.0 Å². The Balaban J connectivity index is 1.49. The molecule has 0 saturated heterocycles. The number of carbonyl (C=O) groups excluding carboxylic acids is 1. The highest BCUT2D eigenvalue weighted by molar-refractivity contribution is 6.30. The molecule has 0 aliphatic carbocycles. The Morgan fingerprint density at radius 1 is 1.00 bits per heavy atom. The molecule has 1 aromatic heterocycles. The Morgan fingerprint density at radius 3 is 2.37 bits per heavy atom. The third-order valence-electron chi connectivity index (χ3n) is 5.40. The molecule has 8 heteroatoms. The van der Waals surface area contributed by atoms with Gasteiger partial charge in [-0.2, -0.15) is 0 Å². The van der Waals surface area contributed by atoms with Crippen LogP contribution in [0.5, 0.6) is 17.2 Å². The molecule has 0 saturated carbocycles. The predicted molar refractivity (Wildman–Crippen MR) is 136 cm³/mol. The molecule has 0 fully saturated rings. The summed E-state index contributed by atoms with van der Waals surface area (Å²) < 4.78 is 16.3. The largest absolute Gasteiger partial charge is 0.493 e. The number of ether oxygens (including phenoxy) is 3. The maximum Gasteiger partial charge on any atom is 0.252 e. The minimum Gasteiger partial charge on any atom is -0.493 e. The Kier molecular flexibility index (Phi) is 7.70. The number of methoxy groups -OCH3 is 2. The van der Waals surface area contributed by atoms with Gasteiger partial charge in [0.2, 0.25) is 5.75 Å². The van der Waals surface area contributed by atoms with Gasteiger partial charge in [-0.05, 0) is 36.4 Å². The first-order valence-corrected chi connectivity index (χ1v) is 11.3. The molecular formula is C27H25ClN2O5. The minimum absolute atomic E-state index is 0.0107. The number of fused-ring (bicyclic) bond motifs is 1. The van der Waals surface area contributed by atoms with Crippen LogP contribution in [0.4, 0.5) is 0 Å². The van der Waals surface area contributed by atoms with Gasteiger partial charge in [0, 0.05) is 22.5 Å². The number of nitrogens with zero attached hydrogens (tertiary/aromatic N) is 1. The molecule has 1 atom stereocenters. The summed E-state index contributed by atoms with van der Waals surface area (Å²) in [5.74, 6) is 1.03. The second-order valence-electron chi connectivity index (χ2n) is 7.75. The molecule has 180 valence electrons. The van der Waals surface area contributed by atoms with Crippen LogP contribution in [0.1, 0.15) is 10.4 Å². The number of rotatable bonds is 9. The molecule has 1 heterocycles. The molecule has 1 unspecified atom stereocenters. The molecule has 0 spiro atoms. The number of aromatic nitrogens is 1. The third-order valence-corrected chi connectivity index (χ3v) is 5.65. The van der Waals surface area contributed by atoms with Crippen molar-refractivity contribution in [3.8, 4) is 28.5 Å². The molecule has 7 nitrogen and oxygen atoms in total. The smallest absolute Gasteiger partial charge is 0.252 e. The second kappa shape index (κ2) is 11.1. The van der Waals surface area contributed by atoms with Crippen LogP contribution in [-0.2, 0) is 0 Å². The van der Waals surface area contributed by atoms with E-state index in [4.69, 9.17) is 30.8 Å². The quantitative estimate of drug-likeness (QED) is 0.351. The topological polar surface area (TPSA) is 89.9 Å². The van der Waals surface area contributed by atoms with Crippen molar-refractivity contribution in [3.63, 3.8) is 0 Å². The number of hydrogen-bond donors (Lipinski definition) is 2. The standard InChI is InChI=1S/C27H25ClN2O5/c1-33-24-8-5-9-25(34-2)26(24)35-16-19(31)15-29-27(32)21-14-23(17-10-12-18(28)13-11-17)30-22-7-4-3-6-20(21)22/h3-14,19,31H,15-16H2,1-2H3,(H,29,32).